The summed E-state index contributed by atoms with van der Waals surface area (Å²) < 4.78 is 22.3. The molecule has 1 heterocycles. The lowest BCUT2D eigenvalue weighted by Gasteiger charge is -2.21. The monoisotopic (exact) mass is 248 g/mol. The lowest BCUT2D eigenvalue weighted by Crippen LogP contribution is -2.40. The van der Waals surface area contributed by atoms with Crippen LogP contribution in [0.15, 0.2) is 0 Å². The zero-order valence-corrected chi connectivity index (χ0v) is 11.4. The summed E-state index contributed by atoms with van der Waals surface area (Å²) in [5, 5.41) is 3.43. The molecule has 4 nitrogen and oxygen atoms in total. The Labute approximate surface area is 99.3 Å². The van der Waals surface area contributed by atoms with Crippen molar-refractivity contribution < 1.29 is 8.42 Å². The molecule has 0 aliphatic carbocycles. The van der Waals surface area contributed by atoms with Crippen LogP contribution in [-0.2, 0) is 9.84 Å². The second-order valence-corrected chi connectivity index (χ2v) is 7.28. The van der Waals surface area contributed by atoms with Crippen molar-refractivity contribution in [3.05, 3.63) is 0 Å². The normalized spacial score (nSPS) is 26.3. The number of rotatable bonds is 4. The van der Waals surface area contributed by atoms with E-state index in [0.29, 0.717) is 6.04 Å². The summed E-state index contributed by atoms with van der Waals surface area (Å²) in [6.45, 7) is 4.21. The van der Waals surface area contributed by atoms with Gasteiger partial charge in [-0.3, -0.25) is 0 Å². The van der Waals surface area contributed by atoms with E-state index < -0.39 is 9.84 Å². The molecule has 0 aromatic rings. The van der Waals surface area contributed by atoms with Gasteiger partial charge in [-0.15, -0.1) is 0 Å². The Morgan fingerprint density at radius 1 is 1.38 bits per heavy atom. The van der Waals surface area contributed by atoms with Gasteiger partial charge >= 0.3 is 0 Å². The zero-order valence-electron chi connectivity index (χ0n) is 10.6. The number of sulfone groups is 1. The molecule has 0 bridgehead atoms. The molecule has 5 heteroatoms. The van der Waals surface area contributed by atoms with E-state index in [-0.39, 0.29) is 11.8 Å². The van der Waals surface area contributed by atoms with E-state index in [4.69, 9.17) is 0 Å². The van der Waals surface area contributed by atoms with E-state index >= 15 is 0 Å². The van der Waals surface area contributed by atoms with Crippen molar-refractivity contribution in [2.24, 2.45) is 0 Å². The Morgan fingerprint density at radius 3 is 2.69 bits per heavy atom. The van der Waals surface area contributed by atoms with Gasteiger partial charge in [0, 0.05) is 18.3 Å². The third-order valence-corrected chi connectivity index (χ3v) is 4.13. The highest BCUT2D eigenvalue weighted by Crippen LogP contribution is 2.10. The molecule has 16 heavy (non-hydrogen) atoms. The van der Waals surface area contributed by atoms with Crippen molar-refractivity contribution in [2.45, 2.75) is 38.3 Å². The predicted molar refractivity (Wildman–Crippen MR) is 67.4 cm³/mol. The van der Waals surface area contributed by atoms with Crippen molar-refractivity contribution in [3.8, 4) is 0 Å². The first-order valence-electron chi connectivity index (χ1n) is 5.99. The molecular weight excluding hydrogens is 224 g/mol. The standard InChI is InChI=1S/C11H24N2O2S/c1-10(9-16(3,14)15)12-11-5-4-7-13(2)8-6-11/h10-12H,4-9H2,1-3H3. The molecule has 1 saturated heterocycles. The number of hydrogen-bond acceptors (Lipinski definition) is 4. The van der Waals surface area contributed by atoms with Crippen LogP contribution in [0.1, 0.15) is 26.2 Å². The first-order chi connectivity index (χ1) is 7.37. The predicted octanol–water partition coefficient (Wildman–Crippen LogP) is 0.493. The molecule has 0 amide bonds. The molecule has 2 atom stereocenters. The smallest absolute Gasteiger partial charge is 0.148 e. The van der Waals surface area contributed by atoms with E-state index in [1.807, 2.05) is 6.92 Å². The summed E-state index contributed by atoms with van der Waals surface area (Å²) in [7, 11) is -0.726. The van der Waals surface area contributed by atoms with Gasteiger partial charge in [-0.05, 0) is 46.3 Å². The maximum Gasteiger partial charge on any atom is 0.148 e. The summed E-state index contributed by atoms with van der Waals surface area (Å²) in [5.74, 6) is 0.235. The van der Waals surface area contributed by atoms with Crippen LogP contribution in [-0.4, -0.2) is 57.5 Å². The average Bonchev–Trinajstić information content (AvgIpc) is 2.27. The van der Waals surface area contributed by atoms with Crippen LogP contribution in [0.25, 0.3) is 0 Å². The first kappa shape index (κ1) is 13.9. The average molecular weight is 248 g/mol. The number of likely N-dealkylation sites (tertiary alicyclic amines) is 1. The van der Waals surface area contributed by atoms with Gasteiger partial charge < -0.3 is 10.2 Å². The molecule has 0 radical (unpaired) electrons. The molecule has 1 aliphatic heterocycles. The Balaban J connectivity index is 2.35. The first-order valence-corrected chi connectivity index (χ1v) is 8.05. The minimum Gasteiger partial charge on any atom is -0.310 e. The number of nitrogens with zero attached hydrogens (tertiary/aromatic N) is 1. The van der Waals surface area contributed by atoms with Crippen LogP contribution < -0.4 is 5.32 Å². The molecule has 1 N–H and O–H groups in total. The molecule has 1 fully saturated rings. The van der Waals surface area contributed by atoms with Crippen LogP contribution in [0.2, 0.25) is 0 Å². The third-order valence-electron chi connectivity index (χ3n) is 3.02. The quantitative estimate of drug-likeness (QED) is 0.787. The van der Waals surface area contributed by atoms with Crippen LogP contribution in [0.4, 0.5) is 0 Å². The van der Waals surface area contributed by atoms with Crippen LogP contribution in [0.5, 0.6) is 0 Å². The highest BCUT2D eigenvalue weighted by molar-refractivity contribution is 7.90. The van der Waals surface area contributed by atoms with Crippen molar-refractivity contribution >= 4 is 9.84 Å². The van der Waals surface area contributed by atoms with Gasteiger partial charge in [-0.25, -0.2) is 8.42 Å². The van der Waals surface area contributed by atoms with Crippen molar-refractivity contribution in [2.75, 3.05) is 32.1 Å². The van der Waals surface area contributed by atoms with Crippen LogP contribution in [0, 0.1) is 0 Å². The molecule has 0 aromatic carbocycles. The topological polar surface area (TPSA) is 49.4 Å². The minimum absolute atomic E-state index is 0.0587. The van der Waals surface area contributed by atoms with E-state index in [1.54, 1.807) is 0 Å². The van der Waals surface area contributed by atoms with Gasteiger partial charge in [0.1, 0.15) is 9.84 Å². The van der Waals surface area contributed by atoms with Crippen molar-refractivity contribution in [3.63, 3.8) is 0 Å². The number of hydrogen-bond donors (Lipinski definition) is 1. The molecule has 1 aliphatic rings. The molecule has 0 spiro atoms. The highest BCUT2D eigenvalue weighted by Gasteiger charge is 2.18. The maximum atomic E-state index is 11.2. The van der Waals surface area contributed by atoms with E-state index in [2.05, 4.69) is 17.3 Å². The zero-order chi connectivity index (χ0) is 12.2. The summed E-state index contributed by atoms with van der Waals surface area (Å²) in [6.07, 6.45) is 4.76. The minimum atomic E-state index is -2.87. The van der Waals surface area contributed by atoms with Crippen molar-refractivity contribution in [1.82, 2.24) is 10.2 Å². The number of nitrogens with one attached hydrogen (secondary N) is 1. The van der Waals surface area contributed by atoms with Crippen LogP contribution in [0.3, 0.4) is 0 Å². The Morgan fingerprint density at radius 2 is 2.06 bits per heavy atom. The van der Waals surface area contributed by atoms with Gasteiger partial charge in [0.15, 0.2) is 0 Å². The van der Waals surface area contributed by atoms with Crippen molar-refractivity contribution in [1.29, 1.82) is 0 Å². The molecule has 0 saturated carbocycles. The maximum absolute atomic E-state index is 11.2. The Kier molecular flexibility index (Phi) is 5.21. The van der Waals surface area contributed by atoms with Gasteiger partial charge in [0.25, 0.3) is 0 Å². The summed E-state index contributed by atoms with van der Waals surface area (Å²) in [5.41, 5.74) is 0. The highest BCUT2D eigenvalue weighted by atomic mass is 32.2. The Hall–Kier alpha value is -0.130. The largest absolute Gasteiger partial charge is 0.310 e. The lowest BCUT2D eigenvalue weighted by molar-refractivity contribution is 0.341. The van der Waals surface area contributed by atoms with Gasteiger partial charge in [-0.1, -0.05) is 0 Å². The fourth-order valence-corrected chi connectivity index (χ4v) is 3.32. The van der Waals surface area contributed by atoms with E-state index in [9.17, 15) is 8.42 Å². The Bertz CT molecular complexity index is 303. The van der Waals surface area contributed by atoms with Gasteiger partial charge in [0.05, 0.1) is 5.75 Å². The van der Waals surface area contributed by atoms with Crippen LogP contribution >= 0.6 is 0 Å². The molecular formula is C11H24N2O2S. The second kappa shape index (κ2) is 5.98. The summed E-state index contributed by atoms with van der Waals surface area (Å²) in [6, 6.07) is 0.533. The summed E-state index contributed by atoms with van der Waals surface area (Å²) >= 11 is 0. The van der Waals surface area contributed by atoms with Gasteiger partial charge in [0.2, 0.25) is 0 Å². The fraction of sp³-hybridized carbons (Fsp3) is 1.00. The SMILES string of the molecule is CC(CS(C)(=O)=O)NC1CCCN(C)CC1. The van der Waals surface area contributed by atoms with E-state index in [1.165, 1.54) is 12.7 Å². The second-order valence-electron chi connectivity index (χ2n) is 5.09. The van der Waals surface area contributed by atoms with Gasteiger partial charge in [-0.2, -0.15) is 0 Å². The molecule has 96 valence electrons. The molecule has 2 unspecified atom stereocenters. The molecule has 0 aromatic heterocycles. The fourth-order valence-electron chi connectivity index (χ4n) is 2.31. The lowest BCUT2D eigenvalue weighted by atomic mass is 10.1. The summed E-state index contributed by atoms with van der Waals surface area (Å²) in [4.78, 5) is 2.34. The molecule has 1 rings (SSSR count). The van der Waals surface area contributed by atoms with E-state index in [0.717, 1.165) is 25.9 Å². The third kappa shape index (κ3) is 5.82.